The minimum atomic E-state index is -5.04. The third-order valence-electron chi connectivity index (χ3n) is 10.7. The molecule has 3 aromatic carbocycles. The van der Waals surface area contributed by atoms with Gasteiger partial charge in [-0.25, -0.2) is 0 Å². The molecule has 4 aliphatic heterocycles. The zero-order valence-electron chi connectivity index (χ0n) is 26.4. The molecule has 2 saturated heterocycles. The second kappa shape index (κ2) is 12.5. The maximum absolute atomic E-state index is 14.0. The van der Waals surface area contributed by atoms with Crippen molar-refractivity contribution in [2.45, 2.75) is 74.5 Å². The first-order valence-corrected chi connectivity index (χ1v) is 16.6. The van der Waals surface area contributed by atoms with Gasteiger partial charge in [0.2, 0.25) is 0 Å². The van der Waals surface area contributed by atoms with Gasteiger partial charge in [0.25, 0.3) is 5.91 Å². The zero-order valence-corrected chi connectivity index (χ0v) is 26.4. The summed E-state index contributed by atoms with van der Waals surface area (Å²) in [5, 5.41) is 3.53. The van der Waals surface area contributed by atoms with Gasteiger partial charge in [-0.15, -0.1) is 0 Å². The highest BCUT2D eigenvalue weighted by Gasteiger charge is 2.52. The van der Waals surface area contributed by atoms with E-state index in [1.807, 2.05) is 30.3 Å². The van der Waals surface area contributed by atoms with Crippen LogP contribution in [0.4, 0.5) is 26.3 Å². The van der Waals surface area contributed by atoms with Crippen molar-refractivity contribution in [3.8, 4) is 0 Å². The molecule has 1 spiro atoms. The molecule has 0 saturated carbocycles. The van der Waals surface area contributed by atoms with E-state index in [9.17, 15) is 31.1 Å². The molecule has 3 unspecified atom stereocenters. The van der Waals surface area contributed by atoms with Crippen LogP contribution >= 0.6 is 0 Å². The first-order valence-electron chi connectivity index (χ1n) is 16.6. The van der Waals surface area contributed by atoms with Gasteiger partial charge in [0, 0.05) is 48.6 Å². The minimum Gasteiger partial charge on any atom is -0.355 e. The van der Waals surface area contributed by atoms with Crippen LogP contribution < -0.4 is 5.32 Å². The van der Waals surface area contributed by atoms with E-state index < -0.39 is 41.0 Å². The zero-order chi connectivity index (χ0) is 33.7. The molecule has 4 heterocycles. The maximum atomic E-state index is 14.0. The predicted molar refractivity (Wildman–Crippen MR) is 170 cm³/mol. The lowest BCUT2D eigenvalue weighted by Gasteiger charge is -2.52. The molecule has 254 valence electrons. The first kappa shape index (κ1) is 32.6. The molecule has 0 radical (unpaired) electrons. The van der Waals surface area contributed by atoms with Crippen LogP contribution in [0.3, 0.4) is 0 Å². The normalized spacial score (nSPS) is 24.0. The molecule has 1 N–H and O–H groups in total. The van der Waals surface area contributed by atoms with Crippen molar-refractivity contribution in [1.29, 1.82) is 0 Å². The number of amides is 1. The second-order valence-electron chi connectivity index (χ2n) is 13.5. The smallest absolute Gasteiger partial charge is 0.355 e. The van der Waals surface area contributed by atoms with E-state index in [0.717, 1.165) is 44.5 Å². The molecule has 1 amide bonds. The van der Waals surface area contributed by atoms with Crippen LogP contribution in [0.25, 0.3) is 0 Å². The van der Waals surface area contributed by atoms with Crippen molar-refractivity contribution in [1.82, 2.24) is 20.0 Å². The summed E-state index contributed by atoms with van der Waals surface area (Å²) < 4.78 is 82.4. The summed E-state index contributed by atoms with van der Waals surface area (Å²) in [4.78, 5) is 20.4. The molecule has 3 aromatic rings. The number of nitrogens with zero attached hydrogens (tertiary/aromatic N) is 3. The van der Waals surface area contributed by atoms with Gasteiger partial charge in [-0.3, -0.25) is 4.79 Å². The minimum absolute atomic E-state index is 0.0123. The third-order valence-corrected chi connectivity index (χ3v) is 10.7. The Balaban J connectivity index is 1.23. The van der Waals surface area contributed by atoms with Crippen LogP contribution in [0, 0.1) is 0 Å². The Bertz CT molecular complexity index is 1630. The Morgan fingerprint density at radius 2 is 1.50 bits per heavy atom. The lowest BCUT2D eigenvalue weighted by molar-refractivity contribution is -0.143. The molecule has 2 fully saturated rings. The van der Waals surface area contributed by atoms with Crippen LogP contribution in [-0.2, 0) is 30.6 Å². The fraction of sp³-hybridized carbons (Fsp3) is 0.432. The Morgan fingerprint density at radius 1 is 0.833 bits per heavy atom. The highest BCUT2D eigenvalue weighted by Crippen LogP contribution is 2.48. The highest BCUT2D eigenvalue weighted by molar-refractivity contribution is 5.95. The Labute approximate surface area is 276 Å². The quantitative estimate of drug-likeness (QED) is 0.298. The fourth-order valence-electron chi connectivity index (χ4n) is 8.52. The van der Waals surface area contributed by atoms with Crippen molar-refractivity contribution in [2.75, 3.05) is 26.2 Å². The summed E-state index contributed by atoms with van der Waals surface area (Å²) in [6.07, 6.45) is -1.34. The van der Waals surface area contributed by atoms with E-state index in [1.165, 1.54) is 16.0 Å². The van der Waals surface area contributed by atoms with Gasteiger partial charge in [-0.2, -0.15) is 26.3 Å². The van der Waals surface area contributed by atoms with Gasteiger partial charge in [-0.1, -0.05) is 54.6 Å². The molecule has 5 nitrogen and oxygen atoms in total. The molecule has 4 aliphatic rings. The number of fused-ring (bicyclic) bond motifs is 4. The number of nitrogens with one attached hydrogen (secondary N) is 1. The summed E-state index contributed by atoms with van der Waals surface area (Å²) in [6, 6.07) is 19.0. The molecular weight excluding hydrogens is 630 g/mol. The molecule has 0 aliphatic carbocycles. The monoisotopic (exact) mass is 668 g/mol. The van der Waals surface area contributed by atoms with Crippen molar-refractivity contribution in [3.05, 3.63) is 119 Å². The highest BCUT2D eigenvalue weighted by atomic mass is 19.4. The number of likely N-dealkylation sites (tertiary alicyclic amines) is 1. The number of carbonyl (C=O) groups excluding carboxylic acids is 1. The standard InChI is InChI=1S/C37H38F6N4O/c38-36(39,40)28-21-27(22-29(23-28)37(41,42)43)33(48)46-17-11-30(24-31(46)20-25-6-2-1-3-7-25)47-19-18-45-16-10-26-8-4-5-9-32(26)35(34(45)47)12-14-44-15-13-35/h1-9,18-19,21-23,30-31,34,44H,10-17,20,24H2. The van der Waals surface area contributed by atoms with Gasteiger partial charge < -0.3 is 20.0 Å². The Morgan fingerprint density at radius 3 is 2.19 bits per heavy atom. The fourth-order valence-corrected chi connectivity index (χ4v) is 8.52. The molecule has 3 atom stereocenters. The summed E-state index contributed by atoms with van der Waals surface area (Å²) in [6.45, 7) is 2.87. The number of benzene rings is 3. The number of alkyl halides is 6. The van der Waals surface area contributed by atoms with Crippen molar-refractivity contribution in [3.63, 3.8) is 0 Å². The summed E-state index contributed by atoms with van der Waals surface area (Å²) in [5.41, 5.74) is -0.0186. The van der Waals surface area contributed by atoms with E-state index in [0.29, 0.717) is 31.4 Å². The van der Waals surface area contributed by atoms with Gasteiger partial charge >= 0.3 is 12.4 Å². The lowest BCUT2D eigenvalue weighted by Crippen LogP contribution is -2.61. The predicted octanol–water partition coefficient (Wildman–Crippen LogP) is 7.23. The molecule has 48 heavy (non-hydrogen) atoms. The summed E-state index contributed by atoms with van der Waals surface area (Å²) >= 11 is 0. The van der Waals surface area contributed by atoms with E-state index in [1.54, 1.807) is 0 Å². The van der Waals surface area contributed by atoms with E-state index in [4.69, 9.17) is 0 Å². The van der Waals surface area contributed by atoms with E-state index in [-0.39, 0.29) is 30.2 Å². The van der Waals surface area contributed by atoms with Crippen LogP contribution in [0.5, 0.6) is 0 Å². The summed E-state index contributed by atoms with van der Waals surface area (Å²) in [5.74, 6) is -0.817. The topological polar surface area (TPSA) is 38.8 Å². The van der Waals surface area contributed by atoms with Crippen LogP contribution in [0.2, 0.25) is 0 Å². The molecule has 0 aromatic heterocycles. The number of halogens is 6. The SMILES string of the molecule is O=C(c1cc(C(F)(F)F)cc(C(F)(F)F)c1)N1CCC(N2C=CN3CCc4ccccc4C4(CCNCC4)C32)CC1Cc1ccccc1. The lowest BCUT2D eigenvalue weighted by atomic mass is 9.68. The molecule has 11 heteroatoms. The molecular formula is C37H38F6N4O. The first-order chi connectivity index (χ1) is 22.9. The van der Waals surface area contributed by atoms with Gasteiger partial charge in [-0.05, 0) is 86.5 Å². The average Bonchev–Trinajstić information content (AvgIpc) is 3.47. The van der Waals surface area contributed by atoms with Crippen molar-refractivity contribution < 1.29 is 31.1 Å². The number of carbonyl (C=O) groups is 1. The maximum Gasteiger partial charge on any atom is 0.416 e. The number of rotatable bonds is 4. The van der Waals surface area contributed by atoms with Crippen molar-refractivity contribution in [2.24, 2.45) is 0 Å². The average molecular weight is 669 g/mol. The molecule has 0 bridgehead atoms. The van der Waals surface area contributed by atoms with Gasteiger partial charge in [0.15, 0.2) is 0 Å². The number of hydrogen-bond acceptors (Lipinski definition) is 4. The Hall–Kier alpha value is -3.99. The van der Waals surface area contributed by atoms with E-state index >= 15 is 0 Å². The van der Waals surface area contributed by atoms with Gasteiger partial charge in [0.1, 0.15) is 6.17 Å². The van der Waals surface area contributed by atoms with Crippen molar-refractivity contribution >= 4 is 5.91 Å². The number of hydrogen-bond donors (Lipinski definition) is 1. The second-order valence-corrected chi connectivity index (χ2v) is 13.5. The van der Waals surface area contributed by atoms with Crippen LogP contribution in [0.15, 0.2) is 85.2 Å². The third kappa shape index (κ3) is 6.06. The number of piperidine rings is 2. The van der Waals surface area contributed by atoms with Gasteiger partial charge in [0.05, 0.1) is 11.1 Å². The summed E-state index contributed by atoms with van der Waals surface area (Å²) in [7, 11) is 0. The van der Waals surface area contributed by atoms with E-state index in [2.05, 4.69) is 51.8 Å². The molecule has 7 rings (SSSR count). The Kier molecular flexibility index (Phi) is 8.46. The largest absolute Gasteiger partial charge is 0.416 e. The van der Waals surface area contributed by atoms with Crippen LogP contribution in [-0.4, -0.2) is 65.0 Å². The van der Waals surface area contributed by atoms with Crippen LogP contribution in [0.1, 0.15) is 63.9 Å².